The molecule has 0 saturated carbocycles. The molecule has 98 heavy (non-hydrogen) atoms. The summed E-state index contributed by atoms with van der Waals surface area (Å²) in [6.07, 6.45) is 76.3. The molecule has 0 aromatic carbocycles. The van der Waals surface area contributed by atoms with E-state index in [0.29, 0.717) is 32.1 Å². The molecule has 0 fully saturated rings. The second kappa shape index (κ2) is 70.9. The third-order valence-electron chi connectivity index (χ3n) is 15.4. The van der Waals surface area contributed by atoms with Gasteiger partial charge in [0.2, 0.25) is 0 Å². The molecule has 0 aromatic rings. The quantitative estimate of drug-likeness (QED) is 0.0169. The van der Waals surface area contributed by atoms with Crippen LogP contribution >= 0.6 is 15.6 Å². The highest BCUT2D eigenvalue weighted by atomic mass is 31.2. The van der Waals surface area contributed by atoms with E-state index in [2.05, 4.69) is 137 Å². The first-order valence-electron chi connectivity index (χ1n) is 37.8. The van der Waals surface area contributed by atoms with Crippen LogP contribution in [-0.4, -0.2) is 96.7 Å². The molecule has 0 bridgehead atoms. The van der Waals surface area contributed by atoms with E-state index in [9.17, 15) is 43.2 Å². The lowest BCUT2D eigenvalue weighted by Crippen LogP contribution is -2.30. The predicted octanol–water partition coefficient (Wildman–Crippen LogP) is 21.6. The number of hydrogen-bond acceptors (Lipinski definition) is 15. The minimum Gasteiger partial charge on any atom is -0.462 e. The van der Waals surface area contributed by atoms with Gasteiger partial charge < -0.3 is 33.8 Å². The van der Waals surface area contributed by atoms with Gasteiger partial charge in [0.05, 0.1) is 26.4 Å². The molecule has 0 radical (unpaired) electrons. The van der Waals surface area contributed by atoms with Gasteiger partial charge in [-0.1, -0.05) is 246 Å². The zero-order chi connectivity index (χ0) is 71.8. The molecule has 0 amide bonds. The smallest absolute Gasteiger partial charge is 0.462 e. The first-order valence-corrected chi connectivity index (χ1v) is 40.8. The van der Waals surface area contributed by atoms with E-state index in [1.54, 1.807) is 0 Å². The maximum absolute atomic E-state index is 13.1. The van der Waals surface area contributed by atoms with Gasteiger partial charge in [-0.3, -0.25) is 37.3 Å². The molecule has 0 spiro atoms. The highest BCUT2D eigenvalue weighted by Gasteiger charge is 2.30. The van der Waals surface area contributed by atoms with Crippen molar-refractivity contribution < 1.29 is 80.2 Å². The average Bonchev–Trinajstić information content (AvgIpc) is 0.986. The number of rotatable bonds is 70. The fourth-order valence-electron chi connectivity index (χ4n) is 9.59. The monoisotopic (exact) mass is 1420 g/mol. The number of phosphoric ester groups is 2. The lowest BCUT2D eigenvalue weighted by molar-refractivity contribution is -0.161. The highest BCUT2D eigenvalue weighted by Crippen LogP contribution is 2.45. The number of aliphatic hydroxyl groups is 1. The standard InChI is InChI=1S/C79H134O17P2/c1-5-9-13-17-21-25-29-32-35-36-39-41-45-48-52-56-60-64-77(82)90-70-75(96-79(84)66-62-58-54-50-46-42-38-34-31-27-23-19-15-11-7-3)72-94-98(87,88)92-68-73(80)67-91-97(85,86)93-71-74(95-78(83)65-61-57-53-49-43-28-24-20-16-12-8-4)69-89-76(81)63-59-55-51-47-44-40-37-33-30-26-22-18-14-10-6-2/h9,13,20-27,32-35,37-39,41,48,52,73-75,80H,5-8,10-12,14-19,28-31,36,40,42-47,49-51,53-72H2,1-4H3,(H,85,86)(H,87,88)/b13-9-,24-20-,25-21-,26-22-,27-23-,35-32-,37-33-,38-34-,41-39-,52-48-. The number of carbonyl (C=O) groups excluding carboxylic acids is 4. The fraction of sp³-hybridized carbons (Fsp3) is 0.696. The molecule has 0 aromatic heterocycles. The Morgan fingerprint density at radius 3 is 0.898 bits per heavy atom. The van der Waals surface area contributed by atoms with Gasteiger partial charge >= 0.3 is 39.5 Å². The molecule has 562 valence electrons. The van der Waals surface area contributed by atoms with E-state index in [1.807, 2.05) is 12.2 Å². The van der Waals surface area contributed by atoms with Gasteiger partial charge in [0, 0.05) is 25.7 Å². The fourth-order valence-corrected chi connectivity index (χ4v) is 11.2. The van der Waals surface area contributed by atoms with Gasteiger partial charge in [-0.25, -0.2) is 9.13 Å². The summed E-state index contributed by atoms with van der Waals surface area (Å²) in [5.74, 6) is -2.28. The van der Waals surface area contributed by atoms with E-state index in [1.165, 1.54) is 51.4 Å². The van der Waals surface area contributed by atoms with Crippen molar-refractivity contribution in [1.29, 1.82) is 0 Å². The van der Waals surface area contributed by atoms with Crippen LogP contribution in [0.15, 0.2) is 122 Å². The molecule has 0 heterocycles. The first-order chi connectivity index (χ1) is 47.7. The summed E-state index contributed by atoms with van der Waals surface area (Å²) in [4.78, 5) is 72.8. The Balaban J connectivity index is 5.41. The molecule has 0 aliphatic carbocycles. The van der Waals surface area contributed by atoms with Crippen molar-refractivity contribution in [2.24, 2.45) is 0 Å². The maximum Gasteiger partial charge on any atom is 0.472 e. The van der Waals surface area contributed by atoms with Gasteiger partial charge in [0.1, 0.15) is 19.3 Å². The van der Waals surface area contributed by atoms with Crippen LogP contribution in [-0.2, 0) is 65.4 Å². The van der Waals surface area contributed by atoms with E-state index in [-0.39, 0.29) is 25.7 Å². The molecule has 19 heteroatoms. The predicted molar refractivity (Wildman–Crippen MR) is 399 cm³/mol. The van der Waals surface area contributed by atoms with Crippen LogP contribution in [0.1, 0.15) is 297 Å². The second-order valence-electron chi connectivity index (χ2n) is 24.8. The zero-order valence-corrected chi connectivity index (χ0v) is 63.0. The van der Waals surface area contributed by atoms with Gasteiger partial charge in [-0.15, -0.1) is 0 Å². The summed E-state index contributed by atoms with van der Waals surface area (Å²) in [6, 6.07) is 0. The second-order valence-corrected chi connectivity index (χ2v) is 27.8. The molecule has 3 N–H and O–H groups in total. The number of hydrogen-bond donors (Lipinski definition) is 3. The summed E-state index contributed by atoms with van der Waals surface area (Å²) < 4.78 is 68.3. The third-order valence-corrected chi connectivity index (χ3v) is 17.3. The molecule has 0 saturated heterocycles. The topological polar surface area (TPSA) is 237 Å². The maximum atomic E-state index is 13.1. The Labute approximate surface area is 593 Å². The van der Waals surface area contributed by atoms with Crippen LogP contribution in [0.25, 0.3) is 0 Å². The normalized spacial score (nSPS) is 14.6. The molecule has 5 unspecified atom stereocenters. The molecule has 0 aliphatic heterocycles. The summed E-state index contributed by atoms with van der Waals surface area (Å²) in [7, 11) is -9.97. The Kier molecular flexibility index (Phi) is 67.6. The number of unbranched alkanes of at least 4 members (excludes halogenated alkanes) is 24. The van der Waals surface area contributed by atoms with Crippen LogP contribution in [0, 0.1) is 0 Å². The number of esters is 4. The van der Waals surface area contributed by atoms with Crippen molar-refractivity contribution >= 4 is 39.5 Å². The number of allylic oxidation sites excluding steroid dienone is 20. The van der Waals surface area contributed by atoms with E-state index >= 15 is 0 Å². The Hall–Kier alpha value is -4.54. The third kappa shape index (κ3) is 69.9. The van der Waals surface area contributed by atoms with Crippen molar-refractivity contribution in [3.63, 3.8) is 0 Å². The van der Waals surface area contributed by atoms with Crippen LogP contribution in [0.2, 0.25) is 0 Å². The number of ether oxygens (including phenoxy) is 4. The van der Waals surface area contributed by atoms with Crippen molar-refractivity contribution in [3.05, 3.63) is 122 Å². The van der Waals surface area contributed by atoms with Crippen molar-refractivity contribution in [2.75, 3.05) is 39.6 Å². The van der Waals surface area contributed by atoms with Gasteiger partial charge in [0.15, 0.2) is 12.2 Å². The molecular formula is C79H134O17P2. The zero-order valence-electron chi connectivity index (χ0n) is 61.2. The Bertz CT molecular complexity index is 2340. The lowest BCUT2D eigenvalue weighted by atomic mass is 10.1. The van der Waals surface area contributed by atoms with Gasteiger partial charge in [0.25, 0.3) is 0 Å². The Morgan fingerprint density at radius 2 is 0.551 bits per heavy atom. The molecule has 17 nitrogen and oxygen atoms in total. The summed E-state index contributed by atoms with van der Waals surface area (Å²) in [5.41, 5.74) is 0. The van der Waals surface area contributed by atoms with E-state index in [4.69, 9.17) is 37.0 Å². The summed E-state index contributed by atoms with van der Waals surface area (Å²) in [6.45, 7) is 4.55. The lowest BCUT2D eigenvalue weighted by Gasteiger charge is -2.21. The largest absolute Gasteiger partial charge is 0.472 e. The van der Waals surface area contributed by atoms with Crippen molar-refractivity contribution in [3.8, 4) is 0 Å². The minimum absolute atomic E-state index is 0.0641. The molecule has 5 atom stereocenters. The van der Waals surface area contributed by atoms with Crippen molar-refractivity contribution in [1.82, 2.24) is 0 Å². The van der Waals surface area contributed by atoms with Crippen molar-refractivity contribution in [2.45, 2.75) is 316 Å². The number of aliphatic hydroxyl groups excluding tert-OH is 1. The first kappa shape index (κ1) is 93.5. The minimum atomic E-state index is -4.99. The summed E-state index contributed by atoms with van der Waals surface area (Å²) >= 11 is 0. The SMILES string of the molecule is CC/C=C\C/C=C\C/C=C\C/C=C\C/C=C\CCCC(=O)OCC(COP(=O)(O)OCC(O)COP(=O)(O)OCC(COC(=O)CCCCCCC/C=C\C/C=C\CCCCC)OC(=O)CCCCCCC/C=C\CCCC)OC(=O)CCCCCCC/C=C\C/C=C\CCCCC. The molecule has 0 rings (SSSR count). The van der Waals surface area contributed by atoms with Gasteiger partial charge in [-0.2, -0.15) is 0 Å². The molecular weight excluding hydrogens is 1280 g/mol. The van der Waals surface area contributed by atoms with E-state index < -0.39 is 97.5 Å². The van der Waals surface area contributed by atoms with E-state index in [0.717, 1.165) is 161 Å². The Morgan fingerprint density at radius 1 is 0.296 bits per heavy atom. The summed E-state index contributed by atoms with van der Waals surface area (Å²) in [5, 5.41) is 10.6. The number of phosphoric acid groups is 2. The van der Waals surface area contributed by atoms with Crippen LogP contribution in [0.5, 0.6) is 0 Å². The van der Waals surface area contributed by atoms with Gasteiger partial charge in [-0.05, 0) is 148 Å². The van der Waals surface area contributed by atoms with Crippen LogP contribution in [0.4, 0.5) is 0 Å². The highest BCUT2D eigenvalue weighted by molar-refractivity contribution is 7.47. The molecule has 0 aliphatic rings. The van der Waals surface area contributed by atoms with Crippen LogP contribution in [0.3, 0.4) is 0 Å². The number of carbonyl (C=O) groups is 4. The van der Waals surface area contributed by atoms with Crippen LogP contribution < -0.4 is 0 Å². The average molecular weight is 1420 g/mol.